The lowest BCUT2D eigenvalue weighted by molar-refractivity contribution is -0.143. The smallest absolute Gasteiger partial charge is 0.225 e. The highest BCUT2D eigenvalue weighted by atomic mass is 16.5. The van der Waals surface area contributed by atoms with Crippen LogP contribution in [0, 0.1) is 19.8 Å². The summed E-state index contributed by atoms with van der Waals surface area (Å²) in [5, 5.41) is 0. The molecule has 0 spiro atoms. The van der Waals surface area contributed by atoms with Crippen LogP contribution in [-0.2, 0) is 16.0 Å². The zero-order valence-corrected chi connectivity index (χ0v) is 17.0. The zero-order chi connectivity index (χ0) is 19.5. The molecule has 0 N–H and O–H groups in total. The van der Waals surface area contributed by atoms with E-state index in [9.17, 15) is 4.79 Å². The number of carbonyl (C=O) groups is 1. The van der Waals surface area contributed by atoms with Gasteiger partial charge in [0, 0.05) is 18.2 Å². The van der Waals surface area contributed by atoms with Gasteiger partial charge in [0.25, 0.3) is 0 Å². The monoisotopic (exact) mass is 378 g/mol. The van der Waals surface area contributed by atoms with Crippen LogP contribution >= 0.6 is 0 Å². The Bertz CT molecular complexity index is 825. The summed E-state index contributed by atoms with van der Waals surface area (Å²) in [6.07, 6.45) is 5.22. The average Bonchev–Trinajstić information content (AvgIpc) is 3.24. The van der Waals surface area contributed by atoms with Crippen molar-refractivity contribution in [1.82, 2.24) is 9.88 Å². The normalized spacial score (nSPS) is 20.5. The van der Waals surface area contributed by atoms with Crippen molar-refractivity contribution in [2.45, 2.75) is 52.1 Å². The summed E-state index contributed by atoms with van der Waals surface area (Å²) < 4.78 is 6.03. The third-order valence-corrected chi connectivity index (χ3v) is 5.97. The van der Waals surface area contributed by atoms with Gasteiger partial charge in [-0.25, -0.2) is 0 Å². The van der Waals surface area contributed by atoms with Gasteiger partial charge in [0.2, 0.25) is 5.91 Å². The van der Waals surface area contributed by atoms with E-state index in [2.05, 4.69) is 43.3 Å². The second-order valence-corrected chi connectivity index (χ2v) is 8.33. The minimum Gasteiger partial charge on any atom is -0.368 e. The van der Waals surface area contributed by atoms with Crippen LogP contribution in [0.4, 0.5) is 0 Å². The lowest BCUT2D eigenvalue weighted by Crippen LogP contribution is -2.44. The summed E-state index contributed by atoms with van der Waals surface area (Å²) >= 11 is 0. The number of aromatic nitrogens is 1. The van der Waals surface area contributed by atoms with Gasteiger partial charge >= 0.3 is 0 Å². The van der Waals surface area contributed by atoms with Gasteiger partial charge in [0.15, 0.2) is 0 Å². The molecule has 4 nitrogen and oxygen atoms in total. The Morgan fingerprint density at radius 1 is 1.11 bits per heavy atom. The average molecular weight is 379 g/mol. The first kappa shape index (κ1) is 19.1. The minimum absolute atomic E-state index is 0.129. The summed E-state index contributed by atoms with van der Waals surface area (Å²) in [4.78, 5) is 19.6. The molecule has 1 aromatic carbocycles. The maximum Gasteiger partial charge on any atom is 0.225 e. The van der Waals surface area contributed by atoms with Crippen molar-refractivity contribution in [3.05, 3.63) is 64.5 Å². The first-order valence-electron chi connectivity index (χ1n) is 10.5. The van der Waals surface area contributed by atoms with Crippen LogP contribution in [0.5, 0.6) is 0 Å². The van der Waals surface area contributed by atoms with Crippen LogP contribution in [0.25, 0.3) is 0 Å². The van der Waals surface area contributed by atoms with Gasteiger partial charge < -0.3 is 9.64 Å². The van der Waals surface area contributed by atoms with Crippen molar-refractivity contribution in [3.63, 3.8) is 0 Å². The van der Waals surface area contributed by atoms with Crippen LogP contribution in [0.3, 0.4) is 0 Å². The first-order chi connectivity index (χ1) is 13.6. The van der Waals surface area contributed by atoms with Crippen LogP contribution in [0.1, 0.15) is 59.9 Å². The molecule has 1 amide bonds. The number of aryl methyl sites for hydroxylation is 2. The number of hydrogen-bond donors (Lipinski definition) is 0. The molecule has 1 aromatic heterocycles. The Kier molecular flexibility index (Phi) is 5.77. The van der Waals surface area contributed by atoms with Gasteiger partial charge in [-0.05, 0) is 56.4 Å². The van der Waals surface area contributed by atoms with E-state index in [-0.39, 0.29) is 12.0 Å². The van der Waals surface area contributed by atoms with Crippen LogP contribution in [0.15, 0.2) is 36.4 Å². The largest absolute Gasteiger partial charge is 0.368 e. The number of morpholine rings is 1. The molecule has 148 valence electrons. The fourth-order valence-electron chi connectivity index (χ4n) is 4.44. The molecule has 0 unspecified atom stereocenters. The third-order valence-electron chi connectivity index (χ3n) is 5.97. The van der Waals surface area contributed by atoms with Crippen molar-refractivity contribution >= 4 is 5.91 Å². The molecule has 1 aliphatic heterocycles. The molecule has 0 bridgehead atoms. The summed E-state index contributed by atoms with van der Waals surface area (Å²) in [6, 6.07) is 13.0. The minimum atomic E-state index is -0.129. The van der Waals surface area contributed by atoms with Gasteiger partial charge in [0.05, 0.1) is 18.8 Å². The van der Waals surface area contributed by atoms with E-state index in [1.807, 2.05) is 11.8 Å². The van der Waals surface area contributed by atoms with Gasteiger partial charge in [-0.1, -0.05) is 42.7 Å². The number of hydrogen-bond acceptors (Lipinski definition) is 3. The Hall–Kier alpha value is -2.20. The molecular weight excluding hydrogens is 348 g/mol. The molecule has 28 heavy (non-hydrogen) atoms. The number of rotatable bonds is 4. The fourth-order valence-corrected chi connectivity index (χ4v) is 4.44. The molecule has 4 rings (SSSR count). The molecule has 2 heterocycles. The van der Waals surface area contributed by atoms with E-state index in [0.717, 1.165) is 30.7 Å². The summed E-state index contributed by atoms with van der Waals surface area (Å²) in [5.74, 6) is 0.541. The molecule has 2 fully saturated rings. The molecule has 2 aliphatic rings. The van der Waals surface area contributed by atoms with Crippen molar-refractivity contribution in [2.24, 2.45) is 5.92 Å². The quantitative estimate of drug-likeness (QED) is 0.793. The highest BCUT2D eigenvalue weighted by molar-refractivity contribution is 5.79. The third kappa shape index (κ3) is 4.44. The van der Waals surface area contributed by atoms with Crippen LogP contribution in [0.2, 0.25) is 0 Å². The highest BCUT2D eigenvalue weighted by Crippen LogP contribution is 2.29. The Labute approximate surface area is 167 Å². The van der Waals surface area contributed by atoms with E-state index in [4.69, 9.17) is 9.72 Å². The number of nitrogens with zero attached hydrogens (tertiary/aromatic N) is 2. The van der Waals surface area contributed by atoms with Crippen molar-refractivity contribution < 1.29 is 9.53 Å². The highest BCUT2D eigenvalue weighted by Gasteiger charge is 2.32. The van der Waals surface area contributed by atoms with E-state index >= 15 is 0 Å². The predicted molar refractivity (Wildman–Crippen MR) is 110 cm³/mol. The van der Waals surface area contributed by atoms with E-state index in [1.54, 1.807) is 0 Å². The molecule has 1 saturated heterocycles. The molecule has 1 atom stereocenters. The Balaban J connectivity index is 1.49. The molecule has 1 aliphatic carbocycles. The Morgan fingerprint density at radius 3 is 2.61 bits per heavy atom. The van der Waals surface area contributed by atoms with Crippen molar-refractivity contribution in [3.8, 4) is 0 Å². The molecule has 2 aromatic rings. The standard InChI is InChI=1S/C24H30N2O2/c1-17-7-9-19(10-8-17)14-20-13-18(2)25-22(15-20)23-16-26(11-12-28-23)24(27)21-5-3-4-6-21/h7-10,13,15,21,23H,3-6,11-12,14,16H2,1-2H3/t23-/m0/s1. The molecule has 1 saturated carbocycles. The van der Waals surface area contributed by atoms with E-state index in [0.29, 0.717) is 25.6 Å². The number of pyridine rings is 1. The van der Waals surface area contributed by atoms with Crippen molar-refractivity contribution in [1.29, 1.82) is 0 Å². The van der Waals surface area contributed by atoms with Gasteiger partial charge in [-0.3, -0.25) is 9.78 Å². The Morgan fingerprint density at radius 2 is 1.86 bits per heavy atom. The zero-order valence-electron chi connectivity index (χ0n) is 17.0. The second kappa shape index (κ2) is 8.44. The van der Waals surface area contributed by atoms with Crippen molar-refractivity contribution in [2.75, 3.05) is 19.7 Å². The van der Waals surface area contributed by atoms with E-state index < -0.39 is 0 Å². The maximum absolute atomic E-state index is 12.8. The lowest BCUT2D eigenvalue weighted by atomic mass is 10.0. The van der Waals surface area contributed by atoms with Crippen LogP contribution < -0.4 is 0 Å². The lowest BCUT2D eigenvalue weighted by Gasteiger charge is -2.34. The fraction of sp³-hybridized carbons (Fsp3) is 0.500. The van der Waals surface area contributed by atoms with E-state index in [1.165, 1.54) is 29.5 Å². The number of carbonyl (C=O) groups excluding carboxylic acids is 1. The van der Waals surface area contributed by atoms with Gasteiger partial charge in [-0.2, -0.15) is 0 Å². The number of benzene rings is 1. The first-order valence-corrected chi connectivity index (χ1v) is 10.5. The SMILES string of the molecule is Cc1ccc(Cc2cc(C)nc([C@@H]3CN(C(=O)C4CCCC4)CCO3)c2)cc1. The predicted octanol–water partition coefficient (Wildman–Crippen LogP) is 4.38. The number of amides is 1. The summed E-state index contributed by atoms with van der Waals surface area (Å²) in [6.45, 7) is 6.06. The van der Waals surface area contributed by atoms with Crippen LogP contribution in [-0.4, -0.2) is 35.5 Å². The summed E-state index contributed by atoms with van der Waals surface area (Å²) in [7, 11) is 0. The number of ether oxygens (including phenoxy) is 1. The molecule has 0 radical (unpaired) electrons. The second-order valence-electron chi connectivity index (χ2n) is 8.33. The topological polar surface area (TPSA) is 42.4 Å². The summed E-state index contributed by atoms with van der Waals surface area (Å²) in [5.41, 5.74) is 5.77. The molecule has 4 heteroatoms. The molecular formula is C24H30N2O2. The van der Waals surface area contributed by atoms with Gasteiger partial charge in [0.1, 0.15) is 6.10 Å². The maximum atomic E-state index is 12.8. The van der Waals surface area contributed by atoms with Gasteiger partial charge in [-0.15, -0.1) is 0 Å².